The number of aromatic amines is 2. The molecule has 0 radical (unpaired) electrons. The van der Waals surface area contributed by atoms with Gasteiger partial charge in [0.25, 0.3) is 0 Å². The summed E-state index contributed by atoms with van der Waals surface area (Å²) in [6.07, 6.45) is -0.0332. The summed E-state index contributed by atoms with van der Waals surface area (Å²) in [5, 5.41) is 1.54. The van der Waals surface area contributed by atoms with Gasteiger partial charge in [-0.25, -0.2) is 19.2 Å². The van der Waals surface area contributed by atoms with Crippen LogP contribution in [0.4, 0.5) is 0 Å². The van der Waals surface area contributed by atoms with Crippen LogP contribution in [0.15, 0.2) is 36.4 Å². The molecular weight excluding hydrogens is 544 g/mol. The molecule has 4 aromatic rings. The van der Waals surface area contributed by atoms with E-state index in [9.17, 15) is 19.2 Å². The summed E-state index contributed by atoms with van der Waals surface area (Å²) >= 11 is 0. The molecule has 12 heteroatoms. The van der Waals surface area contributed by atoms with Gasteiger partial charge in [0.1, 0.15) is 12.2 Å². The summed E-state index contributed by atoms with van der Waals surface area (Å²) in [6, 6.07) is 9.50. The maximum absolute atomic E-state index is 13.0. The molecule has 0 saturated heterocycles. The first-order valence-corrected chi connectivity index (χ1v) is 13.5. The molecule has 6 rings (SSSR count). The molecule has 2 aliphatic carbocycles. The number of nitrogens with two attached hydrogens (primary N) is 2. The van der Waals surface area contributed by atoms with Crippen LogP contribution in [0.25, 0.3) is 21.8 Å². The van der Waals surface area contributed by atoms with E-state index in [1.807, 2.05) is 0 Å². The van der Waals surface area contributed by atoms with E-state index in [2.05, 4.69) is 9.97 Å². The number of rotatable bonds is 4. The van der Waals surface area contributed by atoms with Crippen molar-refractivity contribution in [1.82, 2.24) is 9.97 Å². The van der Waals surface area contributed by atoms with E-state index in [-0.39, 0.29) is 12.1 Å². The fourth-order valence-electron chi connectivity index (χ4n) is 6.06. The van der Waals surface area contributed by atoms with Gasteiger partial charge in [0.15, 0.2) is 0 Å². The van der Waals surface area contributed by atoms with Gasteiger partial charge in [-0.15, -0.1) is 0 Å². The zero-order chi connectivity index (χ0) is 29.7. The SMILES string of the molecule is COC(=O)c1ccc2[nH]c3c(c2c1)CC(N)CC3OC(=O)C(=O)OC1CC(N)Cc2c1[nH]c1ccc(C(=O)OC)cc21. The van der Waals surface area contributed by atoms with Gasteiger partial charge in [-0.3, -0.25) is 0 Å². The molecule has 2 aliphatic rings. The van der Waals surface area contributed by atoms with Crippen molar-refractivity contribution in [2.45, 2.75) is 50.0 Å². The van der Waals surface area contributed by atoms with Crippen molar-refractivity contribution in [3.05, 3.63) is 70.0 Å². The average Bonchev–Trinajstić information content (AvgIpc) is 3.54. The number of esters is 4. The second kappa shape index (κ2) is 10.6. The summed E-state index contributed by atoms with van der Waals surface area (Å²) in [4.78, 5) is 56.6. The van der Waals surface area contributed by atoms with Gasteiger partial charge in [-0.05, 0) is 60.4 Å². The Labute approximate surface area is 239 Å². The Balaban J connectivity index is 1.23. The molecule has 0 aliphatic heterocycles. The largest absolute Gasteiger partial charge is 0.465 e. The number of fused-ring (bicyclic) bond motifs is 6. The Morgan fingerprint density at radius 3 is 1.48 bits per heavy atom. The van der Waals surface area contributed by atoms with Crippen molar-refractivity contribution >= 4 is 45.7 Å². The number of H-pyrrole nitrogens is 2. The van der Waals surface area contributed by atoms with Crippen molar-refractivity contribution in [1.29, 1.82) is 0 Å². The average molecular weight is 575 g/mol. The van der Waals surface area contributed by atoms with E-state index in [0.717, 1.165) is 32.9 Å². The van der Waals surface area contributed by atoms with E-state index in [0.29, 0.717) is 48.2 Å². The first kappa shape index (κ1) is 27.5. The molecule has 2 aromatic heterocycles. The molecule has 4 unspecified atom stereocenters. The molecule has 0 amide bonds. The zero-order valence-electron chi connectivity index (χ0n) is 23.0. The molecule has 42 heavy (non-hydrogen) atoms. The molecule has 6 N–H and O–H groups in total. The van der Waals surface area contributed by atoms with E-state index < -0.39 is 36.1 Å². The molecule has 4 atom stereocenters. The third-order valence-electron chi connectivity index (χ3n) is 8.00. The maximum atomic E-state index is 13.0. The van der Waals surface area contributed by atoms with Gasteiger partial charge in [-0.2, -0.15) is 0 Å². The monoisotopic (exact) mass is 574 g/mol. The molecule has 218 valence electrons. The number of methoxy groups -OCH3 is 2. The van der Waals surface area contributed by atoms with Crippen LogP contribution < -0.4 is 11.5 Å². The third kappa shape index (κ3) is 4.78. The van der Waals surface area contributed by atoms with Crippen LogP contribution in [0, 0.1) is 0 Å². The van der Waals surface area contributed by atoms with Gasteiger partial charge >= 0.3 is 23.9 Å². The van der Waals surface area contributed by atoms with Gasteiger partial charge < -0.3 is 40.4 Å². The van der Waals surface area contributed by atoms with E-state index >= 15 is 0 Å². The van der Waals surface area contributed by atoms with E-state index in [1.54, 1.807) is 36.4 Å². The fourth-order valence-corrected chi connectivity index (χ4v) is 6.06. The highest BCUT2D eigenvalue weighted by molar-refractivity contribution is 6.29. The van der Waals surface area contributed by atoms with E-state index in [4.69, 9.17) is 30.4 Å². The predicted molar refractivity (Wildman–Crippen MR) is 150 cm³/mol. The maximum Gasteiger partial charge on any atom is 0.418 e. The second-order valence-corrected chi connectivity index (χ2v) is 10.7. The molecule has 2 aromatic carbocycles. The van der Waals surface area contributed by atoms with Crippen LogP contribution in [-0.2, 0) is 41.4 Å². The van der Waals surface area contributed by atoms with Crippen molar-refractivity contribution in [3.8, 4) is 0 Å². The van der Waals surface area contributed by atoms with Crippen LogP contribution in [-0.4, -0.2) is 60.1 Å². The number of hydrogen-bond donors (Lipinski definition) is 4. The van der Waals surface area contributed by atoms with Gasteiger partial charge in [0.05, 0.1) is 36.7 Å². The summed E-state index contributed by atoms with van der Waals surface area (Å²) in [5.74, 6) is -3.25. The second-order valence-electron chi connectivity index (χ2n) is 10.7. The van der Waals surface area contributed by atoms with Crippen LogP contribution in [0.2, 0.25) is 0 Å². The quantitative estimate of drug-likeness (QED) is 0.160. The molecule has 0 spiro atoms. The highest BCUT2D eigenvalue weighted by Gasteiger charge is 2.36. The number of ether oxygens (including phenoxy) is 4. The summed E-state index contributed by atoms with van der Waals surface area (Å²) in [5.41, 5.74) is 17.7. The number of aromatic nitrogens is 2. The predicted octanol–water partition coefficient (Wildman–Crippen LogP) is 2.64. The number of nitrogens with one attached hydrogen (secondary N) is 2. The Hall–Kier alpha value is -4.68. The fraction of sp³-hybridized carbons (Fsp3) is 0.333. The normalized spacial score (nSPS) is 21.3. The smallest absolute Gasteiger partial charge is 0.418 e. The number of benzene rings is 2. The van der Waals surface area contributed by atoms with Crippen LogP contribution in [0.5, 0.6) is 0 Å². The van der Waals surface area contributed by atoms with Crippen molar-refractivity contribution in [3.63, 3.8) is 0 Å². The van der Waals surface area contributed by atoms with Crippen molar-refractivity contribution in [2.24, 2.45) is 11.5 Å². The summed E-state index contributed by atoms with van der Waals surface area (Å²) < 4.78 is 20.9. The van der Waals surface area contributed by atoms with E-state index in [1.165, 1.54) is 14.2 Å². The van der Waals surface area contributed by atoms with Crippen molar-refractivity contribution in [2.75, 3.05) is 14.2 Å². The number of carbonyl (C=O) groups excluding carboxylic acids is 4. The topological polar surface area (TPSA) is 189 Å². The standard InChI is InChI=1S/C30H30N4O8/c1-39-27(35)13-3-5-21-17(7-13)19-9-15(31)11-23(25(19)33-21)41-29(37)30(38)42-24-12-16(32)10-20-18-8-14(28(36)40-2)4-6-22(18)34-26(20)24/h3-8,15-16,23-24,33-34H,9-12,31-32H2,1-2H3. The van der Waals surface area contributed by atoms with Crippen molar-refractivity contribution < 1.29 is 38.1 Å². The van der Waals surface area contributed by atoms with Gasteiger partial charge in [0, 0.05) is 46.7 Å². The molecular formula is C30H30N4O8. The highest BCUT2D eigenvalue weighted by Crippen LogP contribution is 2.39. The van der Waals surface area contributed by atoms with Crippen LogP contribution in [0.1, 0.15) is 68.3 Å². The third-order valence-corrected chi connectivity index (χ3v) is 8.00. The Kier molecular flexibility index (Phi) is 6.95. The highest BCUT2D eigenvalue weighted by atomic mass is 16.6. The number of hydrogen-bond acceptors (Lipinski definition) is 10. The lowest BCUT2D eigenvalue weighted by molar-refractivity contribution is -0.175. The Bertz CT molecular complexity index is 1630. The zero-order valence-corrected chi connectivity index (χ0v) is 23.0. The molecule has 2 heterocycles. The molecule has 12 nitrogen and oxygen atoms in total. The number of carbonyl (C=O) groups is 4. The van der Waals surface area contributed by atoms with Crippen LogP contribution in [0.3, 0.4) is 0 Å². The minimum Gasteiger partial charge on any atom is -0.465 e. The Morgan fingerprint density at radius 2 is 1.10 bits per heavy atom. The van der Waals surface area contributed by atoms with Gasteiger partial charge in [0.2, 0.25) is 0 Å². The molecule has 0 bridgehead atoms. The first-order chi connectivity index (χ1) is 20.2. The lowest BCUT2D eigenvalue weighted by Crippen LogP contribution is -2.35. The van der Waals surface area contributed by atoms with Crippen LogP contribution >= 0.6 is 0 Å². The van der Waals surface area contributed by atoms with Gasteiger partial charge in [-0.1, -0.05) is 0 Å². The summed E-state index contributed by atoms with van der Waals surface area (Å²) in [6.45, 7) is 0. The Morgan fingerprint density at radius 1 is 0.690 bits per heavy atom. The minimum absolute atomic E-state index is 0.297. The first-order valence-electron chi connectivity index (χ1n) is 13.5. The lowest BCUT2D eigenvalue weighted by atomic mass is 9.89. The minimum atomic E-state index is -1.15. The molecule has 0 fully saturated rings. The lowest BCUT2D eigenvalue weighted by Gasteiger charge is -2.28. The summed E-state index contributed by atoms with van der Waals surface area (Å²) in [7, 11) is 2.62. The molecule has 0 saturated carbocycles.